The van der Waals surface area contributed by atoms with Gasteiger partial charge in [-0.1, -0.05) is 19.9 Å². The van der Waals surface area contributed by atoms with Crippen molar-refractivity contribution in [1.82, 2.24) is 5.32 Å². The lowest BCUT2D eigenvalue weighted by Gasteiger charge is -2.13. The van der Waals surface area contributed by atoms with Gasteiger partial charge in [-0.2, -0.15) is 0 Å². The van der Waals surface area contributed by atoms with E-state index in [0.717, 1.165) is 0 Å². The number of hydrogen-bond acceptors (Lipinski definition) is 4. The fourth-order valence-corrected chi connectivity index (χ4v) is 2.47. The maximum atomic E-state index is 12.3. The minimum atomic E-state index is -0.321. The third-order valence-corrected chi connectivity index (χ3v) is 3.83. The zero-order valence-corrected chi connectivity index (χ0v) is 17.2. The summed E-state index contributed by atoms with van der Waals surface area (Å²) in [5.41, 5.74) is 1.78. The average Bonchev–Trinajstić information content (AvgIpc) is 2.61. The third kappa shape index (κ3) is 6.66. The topological polar surface area (TPSA) is 79.5 Å². The molecule has 6 nitrogen and oxygen atoms in total. The summed E-state index contributed by atoms with van der Waals surface area (Å²) in [6.07, 6.45) is 0.0672. The van der Waals surface area contributed by atoms with E-state index in [9.17, 15) is 9.59 Å². The molecule has 0 heterocycles. The maximum absolute atomic E-state index is 12.3. The Morgan fingerprint density at radius 3 is 2.11 bits per heavy atom. The van der Waals surface area contributed by atoms with Crippen LogP contribution in [0, 0.1) is 5.92 Å². The fourth-order valence-electron chi connectivity index (χ4n) is 2.26. The van der Waals surface area contributed by atoms with Crippen molar-refractivity contribution in [3.8, 4) is 5.75 Å². The number of benzene rings is 2. The molecule has 0 atom stereocenters. The lowest BCUT2D eigenvalue weighted by molar-refractivity contribution is -0.118. The Hall–Kier alpha value is -2.93. The van der Waals surface area contributed by atoms with Gasteiger partial charge in [0.15, 0.2) is 5.11 Å². The van der Waals surface area contributed by atoms with Crippen molar-refractivity contribution >= 4 is 40.5 Å². The Morgan fingerprint density at radius 2 is 1.54 bits per heavy atom. The van der Waals surface area contributed by atoms with Crippen molar-refractivity contribution in [2.45, 2.75) is 33.8 Å². The molecule has 0 radical (unpaired) electrons. The van der Waals surface area contributed by atoms with Gasteiger partial charge < -0.3 is 15.4 Å². The van der Waals surface area contributed by atoms with E-state index in [2.05, 4.69) is 16.0 Å². The Balaban J connectivity index is 1.94. The Bertz CT molecular complexity index is 848. The van der Waals surface area contributed by atoms with E-state index in [1.165, 1.54) is 0 Å². The van der Waals surface area contributed by atoms with E-state index >= 15 is 0 Å². The van der Waals surface area contributed by atoms with Crippen LogP contribution in [0.15, 0.2) is 48.5 Å². The summed E-state index contributed by atoms with van der Waals surface area (Å²) >= 11 is 5.21. The smallest absolute Gasteiger partial charge is 0.257 e. The SMILES string of the molecule is CC(C)Oc1ccc(C(=O)NC(=S)Nc2cccc(NC(=O)C(C)C)c2)cc1. The molecule has 28 heavy (non-hydrogen) atoms. The van der Waals surface area contributed by atoms with E-state index in [4.69, 9.17) is 17.0 Å². The second-order valence-corrected chi connectivity index (χ2v) is 7.23. The van der Waals surface area contributed by atoms with Gasteiger partial charge in [-0.3, -0.25) is 14.9 Å². The molecule has 2 aromatic carbocycles. The second-order valence-electron chi connectivity index (χ2n) is 6.82. The normalized spacial score (nSPS) is 10.5. The van der Waals surface area contributed by atoms with Crippen LogP contribution >= 0.6 is 12.2 Å². The molecule has 7 heteroatoms. The first-order valence-electron chi connectivity index (χ1n) is 9.04. The predicted molar refractivity (Wildman–Crippen MR) is 116 cm³/mol. The van der Waals surface area contributed by atoms with Crippen LogP contribution in [0.2, 0.25) is 0 Å². The van der Waals surface area contributed by atoms with Gasteiger partial charge in [0.25, 0.3) is 5.91 Å². The minimum absolute atomic E-state index is 0.0672. The molecule has 2 aromatic rings. The first-order valence-corrected chi connectivity index (χ1v) is 9.45. The van der Waals surface area contributed by atoms with Crippen LogP contribution in [0.5, 0.6) is 5.75 Å². The van der Waals surface area contributed by atoms with E-state index in [0.29, 0.717) is 22.7 Å². The summed E-state index contributed by atoms with van der Waals surface area (Å²) in [6.45, 7) is 7.52. The van der Waals surface area contributed by atoms with E-state index in [-0.39, 0.29) is 28.9 Å². The molecule has 3 N–H and O–H groups in total. The van der Waals surface area contributed by atoms with Gasteiger partial charge in [0, 0.05) is 22.9 Å². The van der Waals surface area contributed by atoms with Gasteiger partial charge >= 0.3 is 0 Å². The lowest BCUT2D eigenvalue weighted by Crippen LogP contribution is -2.34. The number of carbonyl (C=O) groups excluding carboxylic acids is 2. The molecular weight excluding hydrogens is 374 g/mol. The van der Waals surface area contributed by atoms with Gasteiger partial charge in [-0.25, -0.2) is 0 Å². The van der Waals surface area contributed by atoms with Gasteiger partial charge in [0.1, 0.15) is 5.75 Å². The summed E-state index contributed by atoms with van der Waals surface area (Å²) in [4.78, 5) is 24.1. The monoisotopic (exact) mass is 399 g/mol. The third-order valence-electron chi connectivity index (χ3n) is 3.63. The summed E-state index contributed by atoms with van der Waals surface area (Å²) in [7, 11) is 0. The number of rotatable bonds is 6. The highest BCUT2D eigenvalue weighted by atomic mass is 32.1. The van der Waals surface area contributed by atoms with Crippen molar-refractivity contribution < 1.29 is 14.3 Å². The van der Waals surface area contributed by atoms with Crippen LogP contribution in [0.25, 0.3) is 0 Å². The van der Waals surface area contributed by atoms with Crippen molar-refractivity contribution in [2.75, 3.05) is 10.6 Å². The second kappa shape index (κ2) is 9.85. The quantitative estimate of drug-likeness (QED) is 0.635. The predicted octanol–water partition coefficient (Wildman–Crippen LogP) is 4.20. The molecule has 0 aliphatic heterocycles. The number of anilines is 2. The van der Waals surface area contributed by atoms with Crippen molar-refractivity contribution in [1.29, 1.82) is 0 Å². The van der Waals surface area contributed by atoms with Crippen LogP contribution in [0.3, 0.4) is 0 Å². The standard InChI is InChI=1S/C21H25N3O3S/c1-13(2)19(25)22-16-6-5-7-17(12-16)23-21(28)24-20(26)15-8-10-18(11-9-15)27-14(3)4/h5-14H,1-4H3,(H,22,25)(H2,23,24,26,28). The minimum Gasteiger partial charge on any atom is -0.491 e. The van der Waals surface area contributed by atoms with E-state index in [1.54, 1.807) is 48.5 Å². The van der Waals surface area contributed by atoms with Crippen LogP contribution < -0.4 is 20.7 Å². The number of ether oxygens (including phenoxy) is 1. The Morgan fingerprint density at radius 1 is 0.929 bits per heavy atom. The van der Waals surface area contributed by atoms with Crippen molar-refractivity contribution in [3.63, 3.8) is 0 Å². The number of amides is 2. The molecule has 0 saturated carbocycles. The van der Waals surface area contributed by atoms with Gasteiger partial charge in [0.2, 0.25) is 5.91 Å². The van der Waals surface area contributed by atoms with Crippen LogP contribution in [-0.2, 0) is 4.79 Å². The number of carbonyl (C=O) groups is 2. The first-order chi connectivity index (χ1) is 13.2. The first kappa shape index (κ1) is 21.4. The molecule has 0 unspecified atom stereocenters. The van der Waals surface area contributed by atoms with E-state index in [1.807, 2.05) is 27.7 Å². The highest BCUT2D eigenvalue weighted by Crippen LogP contribution is 2.16. The zero-order chi connectivity index (χ0) is 20.7. The molecule has 0 aliphatic carbocycles. The van der Waals surface area contributed by atoms with E-state index < -0.39 is 0 Å². The fraction of sp³-hybridized carbons (Fsp3) is 0.286. The molecule has 148 valence electrons. The van der Waals surface area contributed by atoms with Crippen LogP contribution in [0.1, 0.15) is 38.1 Å². The number of thiocarbonyl (C=S) groups is 1. The molecule has 2 amide bonds. The Labute approximate surface area is 170 Å². The largest absolute Gasteiger partial charge is 0.491 e. The lowest BCUT2D eigenvalue weighted by atomic mass is 10.2. The number of hydrogen-bond donors (Lipinski definition) is 3. The van der Waals surface area contributed by atoms with Crippen LogP contribution in [0.4, 0.5) is 11.4 Å². The highest BCUT2D eigenvalue weighted by Gasteiger charge is 2.10. The molecule has 0 fully saturated rings. The van der Waals surface area contributed by atoms with Gasteiger partial charge in [-0.05, 0) is 68.5 Å². The molecule has 0 spiro atoms. The van der Waals surface area contributed by atoms with Gasteiger partial charge in [0.05, 0.1) is 6.10 Å². The van der Waals surface area contributed by atoms with Crippen LogP contribution in [-0.4, -0.2) is 23.0 Å². The molecule has 0 aromatic heterocycles. The van der Waals surface area contributed by atoms with Crippen molar-refractivity contribution in [2.24, 2.45) is 5.92 Å². The molecular formula is C21H25N3O3S. The number of nitrogens with one attached hydrogen (secondary N) is 3. The molecule has 0 saturated heterocycles. The van der Waals surface area contributed by atoms with Gasteiger partial charge in [-0.15, -0.1) is 0 Å². The molecule has 0 bridgehead atoms. The summed E-state index contributed by atoms with van der Waals surface area (Å²) in [5.74, 6) is 0.192. The summed E-state index contributed by atoms with van der Waals surface area (Å²) in [5, 5.41) is 8.57. The summed E-state index contributed by atoms with van der Waals surface area (Å²) in [6, 6.07) is 14.0. The average molecular weight is 400 g/mol. The maximum Gasteiger partial charge on any atom is 0.257 e. The Kier molecular flexibility index (Phi) is 7.52. The molecule has 0 aliphatic rings. The molecule has 2 rings (SSSR count). The zero-order valence-electron chi connectivity index (χ0n) is 16.4. The highest BCUT2D eigenvalue weighted by molar-refractivity contribution is 7.80. The van der Waals surface area contributed by atoms with Crippen molar-refractivity contribution in [3.05, 3.63) is 54.1 Å². The summed E-state index contributed by atoms with van der Waals surface area (Å²) < 4.78 is 5.56.